The molecule has 17 heavy (non-hydrogen) atoms. The van der Waals surface area contributed by atoms with E-state index in [9.17, 15) is 0 Å². The first-order chi connectivity index (χ1) is 8.11. The zero-order valence-electron chi connectivity index (χ0n) is 11.0. The van der Waals surface area contributed by atoms with Gasteiger partial charge in [-0.05, 0) is 25.7 Å². The lowest BCUT2D eigenvalue weighted by atomic mass is 10.1. The van der Waals surface area contributed by atoms with Crippen LogP contribution in [0.15, 0.2) is 0 Å². The van der Waals surface area contributed by atoms with Gasteiger partial charge in [0.1, 0.15) is 5.15 Å². The first-order valence-electron chi connectivity index (χ1n) is 6.53. The van der Waals surface area contributed by atoms with Crippen molar-refractivity contribution in [1.82, 2.24) is 15.1 Å². The monoisotopic (exact) mass is 255 g/mol. The van der Waals surface area contributed by atoms with Crippen LogP contribution in [0.25, 0.3) is 0 Å². The van der Waals surface area contributed by atoms with Crippen molar-refractivity contribution in [3.63, 3.8) is 0 Å². The quantitative estimate of drug-likeness (QED) is 0.847. The lowest BCUT2D eigenvalue weighted by Gasteiger charge is -2.16. The Hall–Kier alpha value is -0.540. The molecule has 1 aromatic rings. The normalized spacial score (nSPS) is 17.4. The van der Waals surface area contributed by atoms with Gasteiger partial charge < -0.3 is 5.32 Å². The third kappa shape index (κ3) is 3.23. The largest absolute Gasteiger partial charge is 0.310 e. The van der Waals surface area contributed by atoms with Gasteiger partial charge in [0.15, 0.2) is 0 Å². The number of nitrogens with one attached hydrogen (secondary N) is 1. The number of hydrogen-bond donors (Lipinski definition) is 1. The molecule has 1 heterocycles. The number of halogens is 1. The molecule has 0 aromatic carbocycles. The lowest BCUT2D eigenvalue weighted by Crippen LogP contribution is -2.28. The highest BCUT2D eigenvalue weighted by Crippen LogP contribution is 2.34. The molecule has 1 unspecified atom stereocenters. The van der Waals surface area contributed by atoms with E-state index in [1.807, 2.05) is 14.0 Å². The predicted octanol–water partition coefficient (Wildman–Crippen LogP) is 3.05. The molecular formula is C13H22ClN3. The molecule has 0 aliphatic heterocycles. The Balaban J connectivity index is 1.90. The van der Waals surface area contributed by atoms with Gasteiger partial charge in [0.25, 0.3) is 0 Å². The first-order valence-corrected chi connectivity index (χ1v) is 6.91. The molecule has 1 atom stereocenters. The average molecular weight is 256 g/mol. The van der Waals surface area contributed by atoms with E-state index in [0.717, 1.165) is 28.9 Å². The average Bonchev–Trinajstić information content (AvgIpc) is 3.07. The highest BCUT2D eigenvalue weighted by molar-refractivity contribution is 6.30. The molecule has 1 N–H and O–H groups in total. The van der Waals surface area contributed by atoms with Crippen molar-refractivity contribution in [2.45, 2.75) is 52.1 Å². The van der Waals surface area contributed by atoms with Crippen LogP contribution in [-0.4, -0.2) is 15.8 Å². The maximum Gasteiger partial charge on any atom is 0.131 e. The minimum atomic E-state index is 0.623. The molecule has 2 rings (SSSR count). The van der Waals surface area contributed by atoms with Gasteiger partial charge >= 0.3 is 0 Å². The van der Waals surface area contributed by atoms with E-state index in [1.54, 1.807) is 4.68 Å². The summed E-state index contributed by atoms with van der Waals surface area (Å²) in [5.41, 5.74) is 2.18. The van der Waals surface area contributed by atoms with Gasteiger partial charge in [0.05, 0.1) is 5.69 Å². The fraction of sp³-hybridized carbons (Fsp3) is 0.769. The van der Waals surface area contributed by atoms with Crippen molar-refractivity contribution in [3.8, 4) is 0 Å². The lowest BCUT2D eigenvalue weighted by molar-refractivity contribution is 0.444. The molecule has 1 aliphatic carbocycles. The summed E-state index contributed by atoms with van der Waals surface area (Å²) >= 11 is 6.22. The summed E-state index contributed by atoms with van der Waals surface area (Å²) in [4.78, 5) is 0. The molecule has 1 aromatic heterocycles. The van der Waals surface area contributed by atoms with Crippen LogP contribution in [0.3, 0.4) is 0 Å². The zero-order chi connectivity index (χ0) is 12.4. The van der Waals surface area contributed by atoms with Gasteiger partial charge in [0.2, 0.25) is 0 Å². The molecule has 0 radical (unpaired) electrons. The molecular weight excluding hydrogens is 234 g/mol. The summed E-state index contributed by atoms with van der Waals surface area (Å²) in [5.74, 6) is 0.970. The topological polar surface area (TPSA) is 29.9 Å². The molecule has 3 nitrogen and oxygen atoms in total. The first kappa shape index (κ1) is 12.9. The number of rotatable bonds is 6. The van der Waals surface area contributed by atoms with Gasteiger partial charge in [0, 0.05) is 25.2 Å². The number of aryl methyl sites for hydroxylation is 2. The van der Waals surface area contributed by atoms with E-state index in [1.165, 1.54) is 25.7 Å². The Labute approximate surface area is 109 Å². The summed E-state index contributed by atoms with van der Waals surface area (Å²) < 4.78 is 1.75. The summed E-state index contributed by atoms with van der Waals surface area (Å²) in [7, 11) is 1.89. The molecule has 4 heteroatoms. The second kappa shape index (κ2) is 5.40. The highest BCUT2D eigenvalue weighted by atomic mass is 35.5. The number of hydrogen-bond acceptors (Lipinski definition) is 2. The van der Waals surface area contributed by atoms with Gasteiger partial charge in [-0.15, -0.1) is 0 Å². The van der Waals surface area contributed by atoms with E-state index >= 15 is 0 Å². The van der Waals surface area contributed by atoms with Crippen LogP contribution in [0.5, 0.6) is 0 Å². The van der Waals surface area contributed by atoms with Crippen LogP contribution >= 0.6 is 11.6 Å². The van der Waals surface area contributed by atoms with Gasteiger partial charge in [-0.3, -0.25) is 4.68 Å². The second-order valence-corrected chi connectivity index (χ2v) is 5.50. The molecule has 0 bridgehead atoms. The standard InChI is InChI=1S/C13H22ClN3/c1-4-11(7-10-5-6-10)15-8-12-9(2)16-17(3)13(12)14/h10-11,15H,4-8H2,1-3H3. The number of aromatic nitrogens is 2. The van der Waals surface area contributed by atoms with Crippen molar-refractivity contribution in [2.75, 3.05) is 0 Å². The maximum absolute atomic E-state index is 6.22. The molecule has 1 saturated carbocycles. The Kier molecular flexibility index (Phi) is 4.10. The van der Waals surface area contributed by atoms with Crippen molar-refractivity contribution < 1.29 is 0 Å². The molecule has 96 valence electrons. The molecule has 1 aliphatic rings. The number of nitrogens with zero attached hydrogens (tertiary/aromatic N) is 2. The zero-order valence-corrected chi connectivity index (χ0v) is 11.7. The van der Waals surface area contributed by atoms with Crippen molar-refractivity contribution >= 4 is 11.6 Å². The van der Waals surface area contributed by atoms with E-state index in [4.69, 9.17) is 11.6 Å². The third-order valence-electron chi connectivity index (χ3n) is 3.64. The summed E-state index contributed by atoms with van der Waals surface area (Å²) in [6.45, 7) is 5.10. The van der Waals surface area contributed by atoms with Crippen LogP contribution < -0.4 is 5.32 Å². The van der Waals surface area contributed by atoms with E-state index in [0.29, 0.717) is 6.04 Å². The molecule has 0 spiro atoms. The fourth-order valence-electron chi connectivity index (χ4n) is 2.27. The van der Waals surface area contributed by atoms with Gasteiger partial charge in [-0.2, -0.15) is 5.10 Å². The van der Waals surface area contributed by atoms with Crippen LogP contribution in [0.1, 0.15) is 43.9 Å². The van der Waals surface area contributed by atoms with Crippen molar-refractivity contribution in [2.24, 2.45) is 13.0 Å². The van der Waals surface area contributed by atoms with E-state index < -0.39 is 0 Å². The van der Waals surface area contributed by atoms with Crippen molar-refractivity contribution in [3.05, 3.63) is 16.4 Å². The Morgan fingerprint density at radius 2 is 2.24 bits per heavy atom. The Bertz CT molecular complexity index is 382. The minimum absolute atomic E-state index is 0.623. The SMILES string of the molecule is CCC(CC1CC1)NCc1c(C)nn(C)c1Cl. The summed E-state index contributed by atoms with van der Waals surface area (Å²) in [6.07, 6.45) is 5.34. The molecule has 0 amide bonds. The molecule has 0 saturated heterocycles. The smallest absolute Gasteiger partial charge is 0.131 e. The van der Waals surface area contributed by atoms with E-state index in [2.05, 4.69) is 17.3 Å². The van der Waals surface area contributed by atoms with Crippen LogP contribution in [0, 0.1) is 12.8 Å². The minimum Gasteiger partial charge on any atom is -0.310 e. The third-order valence-corrected chi connectivity index (χ3v) is 4.12. The van der Waals surface area contributed by atoms with Crippen LogP contribution in [-0.2, 0) is 13.6 Å². The van der Waals surface area contributed by atoms with Crippen LogP contribution in [0.2, 0.25) is 5.15 Å². The van der Waals surface area contributed by atoms with Gasteiger partial charge in [-0.1, -0.05) is 31.4 Å². The summed E-state index contributed by atoms with van der Waals surface area (Å²) in [6, 6.07) is 0.623. The Morgan fingerprint density at radius 1 is 1.53 bits per heavy atom. The van der Waals surface area contributed by atoms with Gasteiger partial charge in [-0.25, -0.2) is 0 Å². The van der Waals surface area contributed by atoms with Crippen molar-refractivity contribution in [1.29, 1.82) is 0 Å². The van der Waals surface area contributed by atoms with E-state index in [-0.39, 0.29) is 0 Å². The molecule has 1 fully saturated rings. The summed E-state index contributed by atoms with van der Waals surface area (Å²) in [5, 5.41) is 8.71. The fourth-order valence-corrected chi connectivity index (χ4v) is 2.51. The van der Waals surface area contributed by atoms with Crippen LogP contribution in [0.4, 0.5) is 0 Å². The predicted molar refractivity (Wildman–Crippen MR) is 71.2 cm³/mol. The Morgan fingerprint density at radius 3 is 2.71 bits per heavy atom. The maximum atomic E-state index is 6.22. The highest BCUT2D eigenvalue weighted by Gasteiger charge is 2.24. The second-order valence-electron chi connectivity index (χ2n) is 5.14.